The molecule has 0 bridgehead atoms. The molecule has 0 aromatic carbocycles. The summed E-state index contributed by atoms with van der Waals surface area (Å²) in [5.41, 5.74) is 7.50. The van der Waals surface area contributed by atoms with E-state index in [1.165, 1.54) is 0 Å². The Kier molecular flexibility index (Phi) is 2.33. The van der Waals surface area contributed by atoms with E-state index >= 15 is 0 Å². The van der Waals surface area contributed by atoms with Crippen LogP contribution in [0.3, 0.4) is 0 Å². The normalized spacial score (nSPS) is 10.9. The fourth-order valence-corrected chi connectivity index (χ4v) is 1.68. The van der Waals surface area contributed by atoms with Gasteiger partial charge in [-0.15, -0.1) is 0 Å². The van der Waals surface area contributed by atoms with E-state index in [2.05, 4.69) is 30.6 Å². The van der Waals surface area contributed by atoms with E-state index in [9.17, 15) is 0 Å². The Morgan fingerprint density at radius 3 is 3.11 bits per heavy atom. The lowest BCUT2D eigenvalue weighted by atomic mass is 10.4. The first-order valence-corrected chi connectivity index (χ1v) is 5.41. The molecule has 92 valence electrons. The summed E-state index contributed by atoms with van der Waals surface area (Å²) in [4.78, 5) is 8.54. The maximum absolute atomic E-state index is 5.85. The first kappa shape index (κ1) is 10.5. The quantitative estimate of drug-likeness (QED) is 0.610. The van der Waals surface area contributed by atoms with Gasteiger partial charge in [-0.05, 0) is 6.07 Å². The lowest BCUT2D eigenvalue weighted by Gasteiger charge is -2.04. The number of nitrogens with one attached hydrogen (secondary N) is 2. The number of H-pyrrole nitrogens is 1. The fraction of sp³-hybridized carbons (Fsp3) is 0.200. The lowest BCUT2D eigenvalue weighted by Crippen LogP contribution is -2.07. The zero-order chi connectivity index (χ0) is 12.5. The third-order valence-corrected chi connectivity index (χ3v) is 2.62. The summed E-state index contributed by atoms with van der Waals surface area (Å²) in [5.74, 6) is 0.887. The zero-order valence-corrected chi connectivity index (χ0v) is 9.75. The Morgan fingerprint density at radius 2 is 2.33 bits per heavy atom. The summed E-state index contributed by atoms with van der Waals surface area (Å²) >= 11 is 0. The molecule has 0 unspecified atom stereocenters. The van der Waals surface area contributed by atoms with Gasteiger partial charge in [-0.25, -0.2) is 0 Å². The van der Waals surface area contributed by atoms with E-state index in [0.717, 1.165) is 11.1 Å². The van der Waals surface area contributed by atoms with Gasteiger partial charge in [0.05, 0.1) is 23.8 Å². The molecule has 8 heteroatoms. The van der Waals surface area contributed by atoms with Gasteiger partial charge in [-0.2, -0.15) is 20.2 Å². The Morgan fingerprint density at radius 1 is 1.44 bits per heavy atom. The molecule has 0 fully saturated rings. The van der Waals surface area contributed by atoms with Crippen LogP contribution in [0.5, 0.6) is 0 Å². The number of aromatic nitrogens is 6. The van der Waals surface area contributed by atoms with Gasteiger partial charge in [-0.1, -0.05) is 0 Å². The highest BCUT2D eigenvalue weighted by Gasteiger charge is 2.08. The third-order valence-electron chi connectivity index (χ3n) is 2.62. The molecule has 0 saturated carbocycles. The van der Waals surface area contributed by atoms with Gasteiger partial charge in [0.1, 0.15) is 5.82 Å². The highest BCUT2D eigenvalue weighted by Crippen LogP contribution is 2.18. The van der Waals surface area contributed by atoms with E-state index in [4.69, 9.17) is 5.73 Å². The largest absolute Gasteiger partial charge is 0.383 e. The molecule has 0 aliphatic carbocycles. The topological polar surface area (TPSA) is 110 Å². The van der Waals surface area contributed by atoms with Crippen LogP contribution in [0.2, 0.25) is 0 Å². The average molecular weight is 244 g/mol. The standard InChI is InChI=1S/C10H12N8/c1-18-9-7(5-14-18)8(11)15-10(16-9)12-4-6-2-3-13-17-6/h2-3,5H,4H2,1H3,(H,13,17)(H3,11,12,15,16). The number of fused-ring (bicyclic) bond motifs is 1. The average Bonchev–Trinajstić information content (AvgIpc) is 2.98. The molecule has 0 aliphatic heterocycles. The van der Waals surface area contributed by atoms with Crippen LogP contribution in [0.4, 0.5) is 11.8 Å². The maximum Gasteiger partial charge on any atom is 0.227 e. The molecule has 4 N–H and O–H groups in total. The minimum absolute atomic E-state index is 0.417. The first-order valence-electron chi connectivity index (χ1n) is 5.41. The third kappa shape index (κ3) is 1.73. The van der Waals surface area contributed by atoms with Crippen LogP contribution >= 0.6 is 0 Å². The van der Waals surface area contributed by atoms with Gasteiger partial charge in [-0.3, -0.25) is 9.78 Å². The van der Waals surface area contributed by atoms with Crippen molar-refractivity contribution in [1.82, 2.24) is 29.9 Å². The van der Waals surface area contributed by atoms with E-state index in [0.29, 0.717) is 24.0 Å². The second kappa shape index (κ2) is 3.99. The smallest absolute Gasteiger partial charge is 0.227 e. The van der Waals surface area contributed by atoms with Crippen molar-refractivity contribution >= 4 is 22.8 Å². The van der Waals surface area contributed by atoms with Crippen LogP contribution in [0, 0.1) is 0 Å². The Hall–Kier alpha value is -2.64. The van der Waals surface area contributed by atoms with Crippen molar-refractivity contribution in [3.05, 3.63) is 24.2 Å². The molecule has 0 saturated heterocycles. The zero-order valence-electron chi connectivity index (χ0n) is 9.75. The number of anilines is 2. The molecule has 3 aromatic rings. The maximum atomic E-state index is 5.85. The molecule has 18 heavy (non-hydrogen) atoms. The Balaban J connectivity index is 1.90. The van der Waals surface area contributed by atoms with Crippen LogP contribution in [-0.2, 0) is 13.6 Å². The summed E-state index contributed by atoms with van der Waals surface area (Å²) in [6.45, 7) is 0.558. The van der Waals surface area contributed by atoms with Crippen molar-refractivity contribution in [2.24, 2.45) is 7.05 Å². The fourth-order valence-electron chi connectivity index (χ4n) is 1.68. The number of nitrogen functional groups attached to an aromatic ring is 1. The van der Waals surface area contributed by atoms with Crippen molar-refractivity contribution < 1.29 is 0 Å². The van der Waals surface area contributed by atoms with E-state index in [1.807, 2.05) is 13.1 Å². The van der Waals surface area contributed by atoms with E-state index < -0.39 is 0 Å². The first-order chi connectivity index (χ1) is 8.74. The minimum Gasteiger partial charge on any atom is -0.383 e. The number of rotatable bonds is 3. The second-order valence-electron chi connectivity index (χ2n) is 3.87. The van der Waals surface area contributed by atoms with Gasteiger partial charge in [0.25, 0.3) is 0 Å². The molecule has 0 aliphatic rings. The van der Waals surface area contributed by atoms with Gasteiger partial charge >= 0.3 is 0 Å². The molecule has 0 radical (unpaired) electrons. The number of hydrogen-bond donors (Lipinski definition) is 3. The van der Waals surface area contributed by atoms with Gasteiger partial charge < -0.3 is 11.1 Å². The van der Waals surface area contributed by atoms with Crippen molar-refractivity contribution in [1.29, 1.82) is 0 Å². The number of aryl methyl sites for hydroxylation is 1. The lowest BCUT2D eigenvalue weighted by molar-refractivity contribution is 0.785. The minimum atomic E-state index is 0.417. The van der Waals surface area contributed by atoms with Crippen LogP contribution in [0.1, 0.15) is 5.69 Å². The van der Waals surface area contributed by atoms with Gasteiger partial charge in [0.2, 0.25) is 5.95 Å². The Bertz CT molecular complexity index is 669. The Labute approximate surface area is 102 Å². The summed E-state index contributed by atoms with van der Waals surface area (Å²) < 4.78 is 1.66. The molecular formula is C10H12N8. The summed E-state index contributed by atoms with van der Waals surface area (Å²) in [6.07, 6.45) is 3.35. The predicted octanol–water partition coefficient (Wildman–Crippen LogP) is 0.281. The van der Waals surface area contributed by atoms with E-state index in [1.54, 1.807) is 17.1 Å². The van der Waals surface area contributed by atoms with Crippen LogP contribution in [0.25, 0.3) is 11.0 Å². The monoisotopic (exact) mass is 244 g/mol. The van der Waals surface area contributed by atoms with E-state index in [-0.39, 0.29) is 0 Å². The highest BCUT2D eigenvalue weighted by molar-refractivity contribution is 5.86. The highest BCUT2D eigenvalue weighted by atomic mass is 15.3. The van der Waals surface area contributed by atoms with Crippen molar-refractivity contribution in [3.8, 4) is 0 Å². The van der Waals surface area contributed by atoms with Gasteiger partial charge in [0, 0.05) is 13.2 Å². The molecule has 8 nitrogen and oxygen atoms in total. The number of hydrogen-bond acceptors (Lipinski definition) is 6. The molecule has 3 rings (SSSR count). The second-order valence-corrected chi connectivity index (χ2v) is 3.87. The summed E-state index contributed by atoms with van der Waals surface area (Å²) in [5, 5.41) is 14.6. The van der Waals surface area contributed by atoms with Crippen LogP contribution < -0.4 is 11.1 Å². The van der Waals surface area contributed by atoms with Crippen molar-refractivity contribution in [3.63, 3.8) is 0 Å². The molecule has 3 heterocycles. The predicted molar refractivity (Wildman–Crippen MR) is 66.6 cm³/mol. The molecule has 0 spiro atoms. The van der Waals surface area contributed by atoms with Gasteiger partial charge in [0.15, 0.2) is 5.65 Å². The molecular weight excluding hydrogens is 232 g/mol. The van der Waals surface area contributed by atoms with Crippen molar-refractivity contribution in [2.45, 2.75) is 6.54 Å². The SMILES string of the molecule is Cn1ncc2c(N)nc(NCc3ccn[nH]3)nc21. The number of nitrogens with two attached hydrogens (primary N) is 1. The molecule has 0 amide bonds. The van der Waals surface area contributed by atoms with Crippen LogP contribution in [0.15, 0.2) is 18.5 Å². The van der Waals surface area contributed by atoms with Crippen molar-refractivity contribution in [2.75, 3.05) is 11.1 Å². The van der Waals surface area contributed by atoms with Crippen LogP contribution in [-0.4, -0.2) is 29.9 Å². The molecule has 3 aromatic heterocycles. The molecule has 0 atom stereocenters. The number of aromatic amines is 1. The summed E-state index contributed by atoms with van der Waals surface area (Å²) in [7, 11) is 1.81. The summed E-state index contributed by atoms with van der Waals surface area (Å²) in [6, 6.07) is 1.87. The number of nitrogens with zero attached hydrogens (tertiary/aromatic N) is 5.